The van der Waals surface area contributed by atoms with E-state index < -0.39 is 41.3 Å². The third-order valence-corrected chi connectivity index (χ3v) is 3.62. The van der Waals surface area contributed by atoms with Crippen molar-refractivity contribution < 1.29 is 19.8 Å². The molecule has 0 aliphatic carbocycles. The normalized spacial score (nSPS) is 17.6. The molecule has 0 spiro atoms. The average Bonchev–Trinajstić information content (AvgIpc) is 2.61. The van der Waals surface area contributed by atoms with Gasteiger partial charge in [0.15, 0.2) is 22.9 Å². The molecule has 0 saturated carbocycles. The van der Waals surface area contributed by atoms with E-state index in [1.165, 1.54) is 13.8 Å². The molecule has 0 saturated heterocycles. The summed E-state index contributed by atoms with van der Waals surface area (Å²) in [5.41, 5.74) is 8.06. The summed E-state index contributed by atoms with van der Waals surface area (Å²) in [5.74, 6) is -4.01. The fourth-order valence-corrected chi connectivity index (χ4v) is 1.61. The van der Waals surface area contributed by atoms with Crippen LogP contribution in [0.4, 0.5) is 0 Å². The standard InChI is InChI=1S/C15H24N8O4/c1-4-15(18,19)23-20-10(12(26)27)7-14(3,9-17)22-21-13(2,8-16)6-5-11(24)25/h10H,4-7,18-19H2,1-3H3,(H,24,25)(H,26,27). The molecular formula is C15H24N8O4. The van der Waals surface area contributed by atoms with Gasteiger partial charge in [-0.1, -0.05) is 6.92 Å². The van der Waals surface area contributed by atoms with Crippen LogP contribution in [0.15, 0.2) is 20.5 Å². The number of carbonyl (C=O) groups is 2. The Kier molecular flexibility index (Phi) is 8.60. The monoisotopic (exact) mass is 380 g/mol. The zero-order valence-corrected chi connectivity index (χ0v) is 15.5. The number of azo groups is 2. The Hall–Kier alpha value is -2.96. The molecule has 0 amide bonds. The van der Waals surface area contributed by atoms with E-state index in [1.807, 2.05) is 12.1 Å². The Morgan fingerprint density at radius 1 is 1.07 bits per heavy atom. The highest BCUT2D eigenvalue weighted by atomic mass is 16.4. The Labute approximate surface area is 156 Å². The van der Waals surface area contributed by atoms with Crippen molar-refractivity contribution in [1.82, 2.24) is 0 Å². The second-order valence-corrected chi connectivity index (χ2v) is 6.48. The van der Waals surface area contributed by atoms with Gasteiger partial charge in [-0.15, -0.1) is 0 Å². The second kappa shape index (κ2) is 9.66. The Bertz CT molecular complexity index is 693. The summed E-state index contributed by atoms with van der Waals surface area (Å²) in [5, 5.41) is 51.4. The van der Waals surface area contributed by atoms with Crippen LogP contribution in [0.3, 0.4) is 0 Å². The van der Waals surface area contributed by atoms with Gasteiger partial charge < -0.3 is 10.2 Å². The fourth-order valence-electron chi connectivity index (χ4n) is 1.61. The maximum absolute atomic E-state index is 11.4. The molecule has 27 heavy (non-hydrogen) atoms. The summed E-state index contributed by atoms with van der Waals surface area (Å²) in [6.07, 6.45) is -0.621. The highest BCUT2D eigenvalue weighted by Crippen LogP contribution is 2.24. The Morgan fingerprint density at radius 3 is 2.00 bits per heavy atom. The quantitative estimate of drug-likeness (QED) is 0.299. The molecule has 0 radical (unpaired) electrons. The third kappa shape index (κ3) is 8.80. The summed E-state index contributed by atoms with van der Waals surface area (Å²) < 4.78 is 0. The lowest BCUT2D eigenvalue weighted by atomic mass is 9.95. The van der Waals surface area contributed by atoms with Crippen molar-refractivity contribution in [3.05, 3.63) is 0 Å². The number of hydrogen-bond acceptors (Lipinski definition) is 10. The van der Waals surface area contributed by atoms with Crippen molar-refractivity contribution in [1.29, 1.82) is 10.5 Å². The van der Waals surface area contributed by atoms with Crippen LogP contribution in [-0.2, 0) is 9.59 Å². The molecule has 0 rings (SSSR count). The molecule has 3 atom stereocenters. The van der Waals surface area contributed by atoms with Gasteiger partial charge in [0, 0.05) is 12.8 Å². The lowest BCUT2D eigenvalue weighted by molar-refractivity contribution is -0.139. The first kappa shape index (κ1) is 24.0. The molecule has 0 aliphatic rings. The van der Waals surface area contributed by atoms with Crippen LogP contribution in [0.25, 0.3) is 0 Å². The average molecular weight is 380 g/mol. The number of nitrogens with zero attached hydrogens (tertiary/aromatic N) is 6. The fraction of sp³-hybridized carbons (Fsp3) is 0.733. The van der Waals surface area contributed by atoms with E-state index in [4.69, 9.17) is 16.6 Å². The topological polar surface area (TPSA) is 224 Å². The van der Waals surface area contributed by atoms with Gasteiger partial charge in [-0.3, -0.25) is 16.3 Å². The molecule has 0 aromatic carbocycles. The third-order valence-electron chi connectivity index (χ3n) is 3.62. The first-order valence-corrected chi connectivity index (χ1v) is 8.03. The molecule has 6 N–H and O–H groups in total. The van der Waals surface area contributed by atoms with Gasteiger partial charge in [0.1, 0.15) is 0 Å². The molecule has 0 fully saturated rings. The number of nitrogens with two attached hydrogens (primary N) is 2. The minimum absolute atomic E-state index is 0.120. The van der Waals surface area contributed by atoms with Crippen LogP contribution in [0, 0.1) is 22.7 Å². The van der Waals surface area contributed by atoms with Gasteiger partial charge in [0.2, 0.25) is 0 Å². The van der Waals surface area contributed by atoms with Gasteiger partial charge in [-0.25, -0.2) is 4.79 Å². The minimum Gasteiger partial charge on any atom is -0.481 e. The van der Waals surface area contributed by atoms with E-state index in [1.54, 1.807) is 6.92 Å². The number of rotatable bonds is 11. The van der Waals surface area contributed by atoms with Crippen molar-refractivity contribution in [2.24, 2.45) is 31.9 Å². The molecule has 12 nitrogen and oxygen atoms in total. The first-order chi connectivity index (χ1) is 12.3. The van der Waals surface area contributed by atoms with Gasteiger partial charge in [-0.2, -0.15) is 31.0 Å². The van der Waals surface area contributed by atoms with Crippen molar-refractivity contribution >= 4 is 11.9 Å². The molecular weight excluding hydrogens is 356 g/mol. The number of hydrogen-bond donors (Lipinski definition) is 4. The van der Waals surface area contributed by atoms with E-state index in [0.717, 1.165) is 0 Å². The lowest BCUT2D eigenvalue weighted by Crippen LogP contribution is -2.46. The van der Waals surface area contributed by atoms with Crippen LogP contribution < -0.4 is 11.5 Å². The van der Waals surface area contributed by atoms with Gasteiger partial charge in [0.05, 0.1) is 12.1 Å². The van der Waals surface area contributed by atoms with E-state index in [2.05, 4.69) is 20.5 Å². The maximum atomic E-state index is 11.4. The van der Waals surface area contributed by atoms with Gasteiger partial charge in [0.25, 0.3) is 0 Å². The Balaban J connectivity index is 5.50. The van der Waals surface area contributed by atoms with Crippen molar-refractivity contribution in [3.8, 4) is 12.1 Å². The van der Waals surface area contributed by atoms with Crippen LogP contribution in [0.1, 0.15) is 46.5 Å². The van der Waals surface area contributed by atoms with E-state index in [-0.39, 0.29) is 19.3 Å². The lowest BCUT2D eigenvalue weighted by Gasteiger charge is -2.21. The summed E-state index contributed by atoms with van der Waals surface area (Å²) >= 11 is 0. The molecule has 0 aliphatic heterocycles. The Morgan fingerprint density at radius 2 is 1.59 bits per heavy atom. The summed E-state index contributed by atoms with van der Waals surface area (Å²) in [4.78, 5) is 22.1. The first-order valence-electron chi connectivity index (χ1n) is 8.03. The van der Waals surface area contributed by atoms with E-state index >= 15 is 0 Å². The molecule has 148 valence electrons. The molecule has 3 unspecified atom stereocenters. The van der Waals surface area contributed by atoms with Gasteiger partial charge in [-0.05, 0) is 26.7 Å². The minimum atomic E-state index is -1.64. The van der Waals surface area contributed by atoms with Crippen LogP contribution >= 0.6 is 0 Å². The maximum Gasteiger partial charge on any atom is 0.330 e. The number of nitriles is 2. The number of aliphatic carboxylic acids is 2. The number of carboxylic acid groups (broad SMARTS) is 2. The van der Waals surface area contributed by atoms with Gasteiger partial charge >= 0.3 is 11.9 Å². The predicted octanol–water partition coefficient (Wildman–Crippen LogP) is 1.14. The molecule has 0 aromatic rings. The van der Waals surface area contributed by atoms with Crippen LogP contribution in [0.2, 0.25) is 0 Å². The van der Waals surface area contributed by atoms with Crippen molar-refractivity contribution in [2.45, 2.75) is 69.4 Å². The predicted molar refractivity (Wildman–Crippen MR) is 92.1 cm³/mol. The largest absolute Gasteiger partial charge is 0.481 e. The molecule has 12 heteroatoms. The van der Waals surface area contributed by atoms with Crippen molar-refractivity contribution in [2.75, 3.05) is 0 Å². The van der Waals surface area contributed by atoms with Crippen LogP contribution in [-0.4, -0.2) is 45.1 Å². The van der Waals surface area contributed by atoms with E-state index in [9.17, 15) is 25.2 Å². The zero-order chi connectivity index (χ0) is 21.3. The molecule has 0 aromatic heterocycles. The summed E-state index contributed by atoms with van der Waals surface area (Å²) in [6, 6.07) is 2.20. The highest BCUT2D eigenvalue weighted by molar-refractivity contribution is 5.73. The van der Waals surface area contributed by atoms with Crippen LogP contribution in [0.5, 0.6) is 0 Å². The van der Waals surface area contributed by atoms with Crippen molar-refractivity contribution in [3.63, 3.8) is 0 Å². The van der Waals surface area contributed by atoms with E-state index in [0.29, 0.717) is 0 Å². The SMILES string of the molecule is CCC(N)(N)N=NC(CC(C)(C#N)N=NC(C)(C#N)CCC(=O)O)C(=O)O. The molecule has 0 heterocycles. The second-order valence-electron chi connectivity index (χ2n) is 6.48. The summed E-state index contributed by atoms with van der Waals surface area (Å²) in [6.45, 7) is 4.32. The smallest absolute Gasteiger partial charge is 0.330 e. The zero-order valence-electron chi connectivity index (χ0n) is 15.5. The molecule has 0 bridgehead atoms. The number of carboxylic acids is 2. The summed E-state index contributed by atoms with van der Waals surface area (Å²) in [7, 11) is 0. The highest BCUT2D eigenvalue weighted by Gasteiger charge is 2.34.